The molecule has 0 atom stereocenters. The number of halogens is 3. The molecule has 0 aliphatic heterocycles. The van der Waals surface area contributed by atoms with Crippen molar-refractivity contribution in [3.8, 4) is 0 Å². The molecule has 0 fully saturated rings. The first-order valence-electron chi connectivity index (χ1n) is 6.17. The van der Waals surface area contributed by atoms with E-state index in [-0.39, 0.29) is 5.69 Å². The zero-order valence-electron chi connectivity index (χ0n) is 11.1. The number of aromatic nitrogens is 1. The third kappa shape index (κ3) is 3.79. The molecule has 0 radical (unpaired) electrons. The van der Waals surface area contributed by atoms with Crippen LogP contribution in [0.25, 0.3) is 0 Å². The number of anilines is 2. The van der Waals surface area contributed by atoms with Crippen molar-refractivity contribution in [2.45, 2.75) is 6.92 Å². The third-order valence-electron chi connectivity index (χ3n) is 2.64. The van der Waals surface area contributed by atoms with Crippen LogP contribution >= 0.6 is 31.9 Å². The Morgan fingerprint density at radius 3 is 2.81 bits per heavy atom. The fourth-order valence-electron chi connectivity index (χ4n) is 1.72. The molecule has 0 saturated carbocycles. The van der Waals surface area contributed by atoms with Crippen molar-refractivity contribution in [2.24, 2.45) is 0 Å². The van der Waals surface area contributed by atoms with Crippen molar-refractivity contribution < 1.29 is 9.18 Å². The van der Waals surface area contributed by atoms with Crippen LogP contribution in [0.1, 0.15) is 17.3 Å². The molecule has 1 heterocycles. The van der Waals surface area contributed by atoms with E-state index in [1.807, 2.05) is 6.92 Å². The number of para-hydroxylation sites is 1. The maximum absolute atomic E-state index is 13.8. The number of hydrogen-bond acceptors (Lipinski definition) is 3. The van der Waals surface area contributed by atoms with Gasteiger partial charge in [-0.3, -0.25) is 4.79 Å². The van der Waals surface area contributed by atoms with Gasteiger partial charge in [-0.2, -0.15) is 0 Å². The van der Waals surface area contributed by atoms with Gasteiger partial charge in [-0.25, -0.2) is 9.37 Å². The Morgan fingerprint density at radius 1 is 1.38 bits per heavy atom. The number of amides is 1. The Balaban J connectivity index is 2.34. The van der Waals surface area contributed by atoms with Gasteiger partial charge in [0.1, 0.15) is 11.6 Å². The summed E-state index contributed by atoms with van der Waals surface area (Å²) >= 11 is 6.49. The Morgan fingerprint density at radius 2 is 2.14 bits per heavy atom. The lowest BCUT2D eigenvalue weighted by Crippen LogP contribution is -2.17. The van der Waals surface area contributed by atoms with Gasteiger partial charge in [-0.1, -0.05) is 6.07 Å². The standard InChI is InChI=1S/C14H12Br2FN3O/c1-2-18-13-9(6-8(15)7-19-13)14(21)20-12-10(16)4-3-5-11(12)17/h3-7H,2H2,1H3,(H,18,19)(H,20,21). The van der Waals surface area contributed by atoms with Gasteiger partial charge >= 0.3 is 0 Å². The number of pyridine rings is 1. The molecule has 0 aliphatic carbocycles. The quantitative estimate of drug-likeness (QED) is 0.775. The number of nitrogens with zero attached hydrogens (tertiary/aromatic N) is 1. The SMILES string of the molecule is CCNc1ncc(Br)cc1C(=O)Nc1c(F)cccc1Br. The number of rotatable bonds is 4. The van der Waals surface area contributed by atoms with Crippen LogP contribution in [-0.2, 0) is 0 Å². The summed E-state index contributed by atoms with van der Waals surface area (Å²) in [6.45, 7) is 2.52. The molecule has 21 heavy (non-hydrogen) atoms. The summed E-state index contributed by atoms with van der Waals surface area (Å²) < 4.78 is 14.9. The van der Waals surface area contributed by atoms with Crippen LogP contribution < -0.4 is 10.6 Å². The van der Waals surface area contributed by atoms with Gasteiger partial charge in [0.25, 0.3) is 5.91 Å². The summed E-state index contributed by atoms with van der Waals surface area (Å²) in [5, 5.41) is 5.56. The average Bonchev–Trinajstić information content (AvgIpc) is 2.45. The Labute approximate surface area is 138 Å². The van der Waals surface area contributed by atoms with Gasteiger partial charge < -0.3 is 10.6 Å². The van der Waals surface area contributed by atoms with Crippen LogP contribution in [0.3, 0.4) is 0 Å². The van der Waals surface area contributed by atoms with Crippen molar-refractivity contribution in [1.82, 2.24) is 4.98 Å². The lowest BCUT2D eigenvalue weighted by atomic mass is 10.2. The summed E-state index contributed by atoms with van der Waals surface area (Å²) in [6, 6.07) is 6.13. The van der Waals surface area contributed by atoms with Crippen molar-refractivity contribution in [3.05, 3.63) is 50.8 Å². The highest BCUT2D eigenvalue weighted by Gasteiger charge is 2.16. The van der Waals surface area contributed by atoms with Crippen molar-refractivity contribution >= 4 is 49.3 Å². The Bertz CT molecular complexity index is 659. The maximum atomic E-state index is 13.8. The molecule has 2 N–H and O–H groups in total. The molecule has 0 aliphatic rings. The molecule has 1 aromatic heterocycles. The third-order valence-corrected chi connectivity index (χ3v) is 3.74. The van der Waals surface area contributed by atoms with E-state index in [9.17, 15) is 9.18 Å². The number of carbonyl (C=O) groups excluding carboxylic acids is 1. The molecule has 7 heteroatoms. The average molecular weight is 417 g/mol. The summed E-state index contributed by atoms with van der Waals surface area (Å²) in [5.74, 6) is -0.498. The van der Waals surface area contributed by atoms with E-state index < -0.39 is 11.7 Å². The molecule has 2 rings (SSSR count). The summed E-state index contributed by atoms with van der Waals surface area (Å²) in [5.41, 5.74) is 0.436. The van der Waals surface area contributed by atoms with Gasteiger partial charge in [-0.15, -0.1) is 0 Å². The van der Waals surface area contributed by atoms with Crippen molar-refractivity contribution in [1.29, 1.82) is 0 Å². The second-order valence-electron chi connectivity index (χ2n) is 4.13. The number of hydrogen-bond donors (Lipinski definition) is 2. The molecule has 0 unspecified atom stereocenters. The summed E-state index contributed by atoms with van der Waals surface area (Å²) in [7, 11) is 0. The largest absolute Gasteiger partial charge is 0.370 e. The van der Waals surface area contributed by atoms with E-state index >= 15 is 0 Å². The Hall–Kier alpha value is -1.47. The van der Waals surface area contributed by atoms with Crippen LogP contribution in [0.15, 0.2) is 39.4 Å². The highest BCUT2D eigenvalue weighted by atomic mass is 79.9. The highest BCUT2D eigenvalue weighted by molar-refractivity contribution is 9.10. The van der Waals surface area contributed by atoms with Crippen molar-refractivity contribution in [3.63, 3.8) is 0 Å². The van der Waals surface area contributed by atoms with E-state index in [1.54, 1.807) is 24.4 Å². The van der Waals surface area contributed by atoms with Gasteiger partial charge in [0.05, 0.1) is 11.3 Å². The fraction of sp³-hybridized carbons (Fsp3) is 0.143. The molecular weight excluding hydrogens is 405 g/mol. The van der Waals surface area contributed by atoms with E-state index in [2.05, 4.69) is 47.5 Å². The van der Waals surface area contributed by atoms with Crippen LogP contribution in [0.5, 0.6) is 0 Å². The minimum absolute atomic E-state index is 0.102. The van der Waals surface area contributed by atoms with Gasteiger partial charge in [-0.05, 0) is 57.0 Å². The van der Waals surface area contributed by atoms with Crippen LogP contribution in [0.2, 0.25) is 0 Å². The summed E-state index contributed by atoms with van der Waals surface area (Å²) in [6.07, 6.45) is 1.59. The zero-order chi connectivity index (χ0) is 15.4. The minimum atomic E-state index is -0.509. The fourth-order valence-corrected chi connectivity index (χ4v) is 2.49. The Kier molecular flexibility index (Phi) is 5.30. The molecular formula is C14H12Br2FN3O. The van der Waals surface area contributed by atoms with E-state index in [0.29, 0.717) is 26.9 Å². The topological polar surface area (TPSA) is 54.0 Å². The van der Waals surface area contributed by atoms with Crippen LogP contribution in [0, 0.1) is 5.82 Å². The predicted molar refractivity (Wildman–Crippen MR) is 88.2 cm³/mol. The molecule has 1 aromatic carbocycles. The number of benzene rings is 1. The van der Waals surface area contributed by atoms with E-state index in [1.165, 1.54) is 6.07 Å². The first-order chi connectivity index (χ1) is 10.0. The number of nitrogens with one attached hydrogen (secondary N) is 2. The zero-order valence-corrected chi connectivity index (χ0v) is 14.3. The first-order valence-corrected chi connectivity index (χ1v) is 7.76. The van der Waals surface area contributed by atoms with Crippen LogP contribution in [-0.4, -0.2) is 17.4 Å². The molecule has 1 amide bonds. The smallest absolute Gasteiger partial charge is 0.259 e. The van der Waals surface area contributed by atoms with Gasteiger partial charge in [0.2, 0.25) is 0 Å². The van der Waals surface area contributed by atoms with Crippen LogP contribution in [0.4, 0.5) is 15.9 Å². The van der Waals surface area contributed by atoms with Crippen molar-refractivity contribution in [2.75, 3.05) is 17.2 Å². The second kappa shape index (κ2) is 7.00. The lowest BCUT2D eigenvalue weighted by molar-refractivity contribution is 0.102. The molecule has 0 spiro atoms. The molecule has 0 bridgehead atoms. The first kappa shape index (κ1) is 15.9. The molecule has 2 aromatic rings. The second-order valence-corrected chi connectivity index (χ2v) is 5.90. The molecule has 0 saturated heterocycles. The van der Waals surface area contributed by atoms with E-state index in [4.69, 9.17) is 0 Å². The monoisotopic (exact) mass is 415 g/mol. The summed E-state index contributed by atoms with van der Waals surface area (Å²) in [4.78, 5) is 16.5. The van der Waals surface area contributed by atoms with E-state index in [0.717, 1.165) is 0 Å². The molecule has 110 valence electrons. The normalized spacial score (nSPS) is 10.3. The van der Waals surface area contributed by atoms with Gasteiger partial charge in [0, 0.05) is 21.7 Å². The predicted octanol–water partition coefficient (Wildman–Crippen LogP) is 4.43. The minimum Gasteiger partial charge on any atom is -0.370 e. The maximum Gasteiger partial charge on any atom is 0.259 e. The lowest BCUT2D eigenvalue weighted by Gasteiger charge is -2.12. The number of carbonyl (C=O) groups is 1. The molecule has 4 nitrogen and oxygen atoms in total. The highest BCUT2D eigenvalue weighted by Crippen LogP contribution is 2.27. The van der Waals surface area contributed by atoms with Gasteiger partial charge in [0.15, 0.2) is 0 Å².